The number of hydrogen-bond acceptors (Lipinski definition) is 2. The van der Waals surface area contributed by atoms with Crippen LogP contribution < -0.4 is 0 Å². The number of fused-ring (bicyclic) bond motifs is 3. The maximum absolute atomic E-state index is 11.7. The van der Waals surface area contributed by atoms with Gasteiger partial charge in [-0.05, 0) is 118 Å². The first-order valence-electron chi connectivity index (χ1n) is 13.8. The zero-order valence-corrected chi connectivity index (χ0v) is 22.4. The van der Waals surface area contributed by atoms with Gasteiger partial charge in [-0.15, -0.1) is 0 Å². The lowest BCUT2D eigenvalue weighted by molar-refractivity contribution is -0.266. The lowest BCUT2D eigenvalue weighted by atomic mass is 9.44. The van der Waals surface area contributed by atoms with Gasteiger partial charge in [0.1, 0.15) is 0 Å². The van der Waals surface area contributed by atoms with Crippen molar-refractivity contribution in [3.63, 3.8) is 0 Å². The Morgan fingerprint density at radius 3 is 2.28 bits per heavy atom. The van der Waals surface area contributed by atoms with Crippen LogP contribution in [0.25, 0.3) is 0 Å². The minimum atomic E-state index is -0.759. The molecule has 1 saturated heterocycles. The molecule has 4 fully saturated rings. The SMILES string of the molecule is C=C1CCCC(C)(C)C1CCC(C)(O)C1CCC2C(C)(CCC3C(C)(C)CCCC32C)O1. The summed E-state index contributed by atoms with van der Waals surface area (Å²) in [6.07, 6.45) is 14.2. The van der Waals surface area contributed by atoms with Gasteiger partial charge in [-0.1, -0.05) is 53.2 Å². The van der Waals surface area contributed by atoms with Crippen molar-refractivity contribution < 1.29 is 9.84 Å². The van der Waals surface area contributed by atoms with E-state index in [0.717, 1.165) is 38.0 Å². The summed E-state index contributed by atoms with van der Waals surface area (Å²) in [4.78, 5) is 0. The van der Waals surface area contributed by atoms with E-state index in [9.17, 15) is 5.11 Å². The van der Waals surface area contributed by atoms with E-state index in [4.69, 9.17) is 4.74 Å². The molecule has 4 rings (SSSR count). The van der Waals surface area contributed by atoms with Crippen molar-refractivity contribution in [3.8, 4) is 0 Å². The third-order valence-corrected chi connectivity index (χ3v) is 11.3. The van der Waals surface area contributed by atoms with E-state index in [0.29, 0.717) is 28.1 Å². The topological polar surface area (TPSA) is 29.5 Å². The van der Waals surface area contributed by atoms with Crippen molar-refractivity contribution in [2.75, 3.05) is 0 Å². The summed E-state index contributed by atoms with van der Waals surface area (Å²) in [6, 6.07) is 0. The molecule has 0 aromatic carbocycles. The maximum Gasteiger partial charge on any atom is 0.0880 e. The molecule has 4 aliphatic rings. The summed E-state index contributed by atoms with van der Waals surface area (Å²) in [6.45, 7) is 21.2. The Kier molecular flexibility index (Phi) is 6.28. The maximum atomic E-state index is 11.7. The van der Waals surface area contributed by atoms with Crippen molar-refractivity contribution in [2.24, 2.45) is 34.0 Å². The summed E-state index contributed by atoms with van der Waals surface area (Å²) >= 11 is 0. The largest absolute Gasteiger partial charge is 0.387 e. The zero-order valence-electron chi connectivity index (χ0n) is 22.4. The predicted molar refractivity (Wildman–Crippen MR) is 135 cm³/mol. The number of hydrogen-bond donors (Lipinski definition) is 1. The molecule has 0 bridgehead atoms. The molecule has 1 N–H and O–H groups in total. The molecule has 0 spiro atoms. The Balaban J connectivity index is 1.46. The highest BCUT2D eigenvalue weighted by molar-refractivity contribution is 5.12. The summed E-state index contributed by atoms with van der Waals surface area (Å²) in [5, 5.41) is 11.7. The Labute approximate surface area is 199 Å². The van der Waals surface area contributed by atoms with Gasteiger partial charge < -0.3 is 9.84 Å². The highest BCUT2D eigenvalue weighted by Gasteiger charge is 2.61. The molecule has 3 aliphatic carbocycles. The first-order valence-corrected chi connectivity index (χ1v) is 13.8. The van der Waals surface area contributed by atoms with E-state index >= 15 is 0 Å². The van der Waals surface area contributed by atoms with Crippen molar-refractivity contribution in [2.45, 2.75) is 143 Å². The van der Waals surface area contributed by atoms with Gasteiger partial charge in [0.25, 0.3) is 0 Å². The molecule has 7 unspecified atom stereocenters. The van der Waals surface area contributed by atoms with Crippen LogP contribution in [0, 0.1) is 34.0 Å². The van der Waals surface area contributed by atoms with E-state index < -0.39 is 5.60 Å². The number of aliphatic hydroxyl groups is 1. The van der Waals surface area contributed by atoms with Crippen molar-refractivity contribution in [3.05, 3.63) is 12.2 Å². The summed E-state index contributed by atoms with van der Waals surface area (Å²) in [5.74, 6) is 1.95. The van der Waals surface area contributed by atoms with Crippen LogP contribution in [0.4, 0.5) is 0 Å². The number of rotatable bonds is 4. The van der Waals surface area contributed by atoms with E-state index in [1.165, 1.54) is 50.5 Å². The average molecular weight is 445 g/mol. The second-order valence-corrected chi connectivity index (χ2v) is 14.4. The lowest BCUT2D eigenvalue weighted by Gasteiger charge is -2.64. The van der Waals surface area contributed by atoms with Crippen molar-refractivity contribution in [1.29, 1.82) is 0 Å². The van der Waals surface area contributed by atoms with Gasteiger partial charge in [-0.3, -0.25) is 0 Å². The smallest absolute Gasteiger partial charge is 0.0880 e. The Bertz CT molecular complexity index is 718. The summed E-state index contributed by atoms with van der Waals surface area (Å²) in [5.41, 5.74) is 1.70. The molecule has 184 valence electrons. The molecule has 7 atom stereocenters. The fraction of sp³-hybridized carbons (Fsp3) is 0.933. The Morgan fingerprint density at radius 2 is 1.59 bits per heavy atom. The fourth-order valence-corrected chi connectivity index (χ4v) is 9.39. The molecule has 0 aromatic rings. The van der Waals surface area contributed by atoms with Crippen molar-refractivity contribution >= 4 is 0 Å². The van der Waals surface area contributed by atoms with E-state index in [1.807, 2.05) is 0 Å². The standard InChI is InChI=1S/C30H52O2/c1-21-11-9-16-26(2,3)22(21)14-19-29(7,31)25-13-12-24-28(6)18-10-17-27(4,5)23(28)15-20-30(24,8)32-25/h22-25,31H,1,9-20H2,2-8H3. The first kappa shape index (κ1) is 24.8. The van der Waals surface area contributed by atoms with Crippen LogP contribution in [-0.2, 0) is 4.74 Å². The molecular weight excluding hydrogens is 392 g/mol. The molecule has 0 radical (unpaired) electrons. The van der Waals surface area contributed by atoms with E-state index in [2.05, 4.69) is 55.0 Å². The monoisotopic (exact) mass is 444 g/mol. The molecule has 2 heteroatoms. The third kappa shape index (κ3) is 4.15. The quantitative estimate of drug-likeness (QED) is 0.444. The van der Waals surface area contributed by atoms with Crippen LogP contribution in [0.1, 0.15) is 126 Å². The zero-order chi connectivity index (χ0) is 23.6. The van der Waals surface area contributed by atoms with Gasteiger partial charge in [0, 0.05) is 0 Å². The molecule has 3 saturated carbocycles. The minimum Gasteiger partial charge on any atom is -0.387 e. The van der Waals surface area contributed by atoms with Crippen LogP contribution in [0.15, 0.2) is 12.2 Å². The van der Waals surface area contributed by atoms with Gasteiger partial charge in [0.05, 0.1) is 17.3 Å². The molecule has 32 heavy (non-hydrogen) atoms. The van der Waals surface area contributed by atoms with E-state index in [-0.39, 0.29) is 11.7 Å². The second-order valence-electron chi connectivity index (χ2n) is 14.4. The minimum absolute atomic E-state index is 0.0412. The molecule has 2 nitrogen and oxygen atoms in total. The van der Waals surface area contributed by atoms with E-state index in [1.54, 1.807) is 0 Å². The molecule has 0 amide bonds. The van der Waals surface area contributed by atoms with Gasteiger partial charge in [0.2, 0.25) is 0 Å². The summed E-state index contributed by atoms with van der Waals surface area (Å²) < 4.78 is 6.97. The highest BCUT2D eigenvalue weighted by atomic mass is 16.5. The highest BCUT2D eigenvalue weighted by Crippen LogP contribution is 2.65. The molecular formula is C30H52O2. The van der Waals surface area contributed by atoms with Gasteiger partial charge in [-0.25, -0.2) is 0 Å². The third-order valence-electron chi connectivity index (χ3n) is 11.3. The van der Waals surface area contributed by atoms with Gasteiger partial charge in [0.15, 0.2) is 0 Å². The lowest BCUT2D eigenvalue weighted by Crippen LogP contribution is -2.63. The van der Waals surface area contributed by atoms with Crippen LogP contribution in [0.3, 0.4) is 0 Å². The number of allylic oxidation sites excluding steroid dienone is 1. The summed E-state index contributed by atoms with van der Waals surface area (Å²) in [7, 11) is 0. The van der Waals surface area contributed by atoms with Crippen LogP contribution >= 0.6 is 0 Å². The molecule has 1 aliphatic heterocycles. The predicted octanol–water partition coefficient (Wildman–Crippen LogP) is 8.08. The normalized spacial score (nSPS) is 45.4. The van der Waals surface area contributed by atoms with Gasteiger partial charge >= 0.3 is 0 Å². The van der Waals surface area contributed by atoms with Gasteiger partial charge in [-0.2, -0.15) is 0 Å². The molecule has 1 heterocycles. The average Bonchev–Trinajstić information content (AvgIpc) is 2.65. The second kappa shape index (κ2) is 8.11. The van der Waals surface area contributed by atoms with Crippen molar-refractivity contribution in [1.82, 2.24) is 0 Å². The Hall–Kier alpha value is -0.340. The Morgan fingerprint density at radius 1 is 0.906 bits per heavy atom. The van der Waals surface area contributed by atoms with Crippen LogP contribution in [-0.4, -0.2) is 22.4 Å². The number of ether oxygens (including phenoxy) is 1. The van der Waals surface area contributed by atoms with Crippen LogP contribution in [0.5, 0.6) is 0 Å². The van der Waals surface area contributed by atoms with Crippen LogP contribution in [0.2, 0.25) is 0 Å². The molecule has 0 aromatic heterocycles. The fourth-order valence-electron chi connectivity index (χ4n) is 9.39. The first-order chi connectivity index (χ1) is 14.7.